The van der Waals surface area contributed by atoms with Crippen LogP contribution in [0.5, 0.6) is 5.75 Å². The summed E-state index contributed by atoms with van der Waals surface area (Å²) in [5, 5.41) is 12.1. The predicted octanol–water partition coefficient (Wildman–Crippen LogP) is 2.32. The summed E-state index contributed by atoms with van der Waals surface area (Å²) in [6.45, 7) is 2.76. The molecule has 4 heteroatoms. The van der Waals surface area contributed by atoms with Crippen LogP contribution in [0.4, 0.5) is 0 Å². The van der Waals surface area contributed by atoms with Crippen LogP contribution in [0.2, 0.25) is 0 Å². The molecule has 1 heterocycles. The summed E-state index contributed by atoms with van der Waals surface area (Å²) in [4.78, 5) is 10.7. The standard InChI is InChI=1S/C15H19NO3/c17-15(18)13-4-6-14(7-5-13)19-10-2-1-3-12-8-9-16-11-12/h1-2,4-7,12,16H,3,8-11H2,(H,17,18). The number of carboxylic acids is 1. The van der Waals surface area contributed by atoms with Gasteiger partial charge in [0, 0.05) is 0 Å². The smallest absolute Gasteiger partial charge is 0.335 e. The molecule has 0 bridgehead atoms. The Morgan fingerprint density at radius 1 is 1.37 bits per heavy atom. The van der Waals surface area contributed by atoms with E-state index in [1.165, 1.54) is 6.42 Å². The van der Waals surface area contributed by atoms with E-state index in [-0.39, 0.29) is 5.56 Å². The number of hydrogen-bond acceptors (Lipinski definition) is 3. The van der Waals surface area contributed by atoms with Gasteiger partial charge >= 0.3 is 5.97 Å². The molecule has 0 radical (unpaired) electrons. The number of aromatic carboxylic acids is 1. The summed E-state index contributed by atoms with van der Waals surface area (Å²) >= 11 is 0. The van der Waals surface area contributed by atoms with Gasteiger partial charge in [0.25, 0.3) is 0 Å². The van der Waals surface area contributed by atoms with Crippen LogP contribution >= 0.6 is 0 Å². The molecule has 1 aromatic rings. The Morgan fingerprint density at radius 2 is 2.16 bits per heavy atom. The summed E-state index contributed by atoms with van der Waals surface area (Å²) in [7, 11) is 0. The second-order valence-electron chi connectivity index (χ2n) is 4.71. The lowest BCUT2D eigenvalue weighted by molar-refractivity contribution is 0.0697. The van der Waals surface area contributed by atoms with Crippen molar-refractivity contribution < 1.29 is 14.6 Å². The number of carboxylic acid groups (broad SMARTS) is 1. The molecule has 2 N–H and O–H groups in total. The summed E-state index contributed by atoms with van der Waals surface area (Å²) < 4.78 is 5.51. The van der Waals surface area contributed by atoms with Crippen molar-refractivity contribution in [2.24, 2.45) is 5.92 Å². The minimum atomic E-state index is -0.920. The van der Waals surface area contributed by atoms with E-state index in [1.54, 1.807) is 24.3 Å². The van der Waals surface area contributed by atoms with E-state index in [2.05, 4.69) is 11.4 Å². The SMILES string of the molecule is O=C(O)c1ccc(OCC=CCC2CCNC2)cc1. The molecular weight excluding hydrogens is 242 g/mol. The zero-order valence-electron chi connectivity index (χ0n) is 10.8. The van der Waals surface area contributed by atoms with Crippen LogP contribution in [0.3, 0.4) is 0 Å². The fourth-order valence-electron chi connectivity index (χ4n) is 2.11. The average Bonchev–Trinajstić information content (AvgIpc) is 2.92. The third kappa shape index (κ3) is 4.41. The molecule has 1 atom stereocenters. The lowest BCUT2D eigenvalue weighted by Crippen LogP contribution is -2.08. The fraction of sp³-hybridized carbons (Fsp3) is 0.400. The first-order valence-corrected chi connectivity index (χ1v) is 6.57. The minimum absolute atomic E-state index is 0.275. The van der Waals surface area contributed by atoms with Gasteiger partial charge in [-0.05, 0) is 56.1 Å². The van der Waals surface area contributed by atoms with E-state index in [4.69, 9.17) is 9.84 Å². The van der Waals surface area contributed by atoms with Crippen molar-refractivity contribution in [1.29, 1.82) is 0 Å². The van der Waals surface area contributed by atoms with Gasteiger partial charge in [0.05, 0.1) is 5.56 Å². The maximum absolute atomic E-state index is 10.7. The maximum Gasteiger partial charge on any atom is 0.335 e. The van der Waals surface area contributed by atoms with Crippen LogP contribution in [-0.2, 0) is 0 Å². The van der Waals surface area contributed by atoms with Gasteiger partial charge < -0.3 is 15.2 Å². The van der Waals surface area contributed by atoms with Crippen LogP contribution in [-0.4, -0.2) is 30.8 Å². The Labute approximate surface area is 113 Å². The Hall–Kier alpha value is -1.81. The highest BCUT2D eigenvalue weighted by atomic mass is 16.5. The van der Waals surface area contributed by atoms with Crippen LogP contribution < -0.4 is 10.1 Å². The number of rotatable bonds is 6. The quantitative estimate of drug-likeness (QED) is 0.772. The Morgan fingerprint density at radius 3 is 2.79 bits per heavy atom. The number of carbonyl (C=O) groups is 1. The van der Waals surface area contributed by atoms with E-state index in [1.807, 2.05) is 6.08 Å². The number of ether oxygens (including phenoxy) is 1. The van der Waals surface area contributed by atoms with Gasteiger partial charge in [-0.2, -0.15) is 0 Å². The average molecular weight is 261 g/mol. The van der Waals surface area contributed by atoms with E-state index in [9.17, 15) is 4.79 Å². The molecule has 1 saturated heterocycles. The third-order valence-corrected chi connectivity index (χ3v) is 3.25. The fourth-order valence-corrected chi connectivity index (χ4v) is 2.11. The van der Waals surface area contributed by atoms with Gasteiger partial charge in [-0.15, -0.1) is 0 Å². The largest absolute Gasteiger partial charge is 0.490 e. The highest BCUT2D eigenvalue weighted by Gasteiger charge is 2.11. The van der Waals surface area contributed by atoms with Crippen LogP contribution in [0.15, 0.2) is 36.4 Å². The topological polar surface area (TPSA) is 58.6 Å². The monoisotopic (exact) mass is 261 g/mol. The van der Waals surface area contributed by atoms with Crippen LogP contribution in [0.1, 0.15) is 23.2 Å². The summed E-state index contributed by atoms with van der Waals surface area (Å²) in [6, 6.07) is 6.45. The van der Waals surface area contributed by atoms with Gasteiger partial charge in [0.2, 0.25) is 0 Å². The summed E-state index contributed by atoms with van der Waals surface area (Å²) in [6.07, 6.45) is 6.52. The van der Waals surface area contributed by atoms with E-state index < -0.39 is 5.97 Å². The molecule has 19 heavy (non-hydrogen) atoms. The van der Waals surface area contributed by atoms with Gasteiger partial charge in [0.15, 0.2) is 0 Å². The van der Waals surface area contributed by atoms with Crippen molar-refractivity contribution in [2.45, 2.75) is 12.8 Å². The Kier molecular flexibility index (Phi) is 4.98. The number of nitrogens with one attached hydrogen (secondary N) is 1. The second kappa shape index (κ2) is 6.95. The number of allylic oxidation sites excluding steroid dienone is 1. The Bertz CT molecular complexity index is 433. The van der Waals surface area contributed by atoms with Gasteiger partial charge in [0.1, 0.15) is 12.4 Å². The molecule has 0 aliphatic carbocycles. The van der Waals surface area contributed by atoms with E-state index >= 15 is 0 Å². The zero-order chi connectivity index (χ0) is 13.5. The van der Waals surface area contributed by atoms with Crippen molar-refractivity contribution in [3.63, 3.8) is 0 Å². The molecule has 1 aromatic carbocycles. The highest BCUT2D eigenvalue weighted by molar-refractivity contribution is 5.87. The molecule has 1 unspecified atom stereocenters. The van der Waals surface area contributed by atoms with Gasteiger partial charge in [-0.1, -0.05) is 12.2 Å². The molecule has 0 aromatic heterocycles. The third-order valence-electron chi connectivity index (χ3n) is 3.25. The molecule has 102 valence electrons. The second-order valence-corrected chi connectivity index (χ2v) is 4.71. The molecule has 4 nitrogen and oxygen atoms in total. The molecule has 1 aliphatic rings. The van der Waals surface area contributed by atoms with Crippen molar-refractivity contribution >= 4 is 5.97 Å². The van der Waals surface area contributed by atoms with Crippen LogP contribution in [0, 0.1) is 5.92 Å². The van der Waals surface area contributed by atoms with Gasteiger partial charge in [-0.3, -0.25) is 0 Å². The van der Waals surface area contributed by atoms with Crippen molar-refractivity contribution in [3.05, 3.63) is 42.0 Å². The van der Waals surface area contributed by atoms with Crippen molar-refractivity contribution in [2.75, 3.05) is 19.7 Å². The molecular formula is C15H19NO3. The van der Waals surface area contributed by atoms with E-state index in [0.29, 0.717) is 12.4 Å². The van der Waals surface area contributed by atoms with Gasteiger partial charge in [-0.25, -0.2) is 4.79 Å². The van der Waals surface area contributed by atoms with Crippen molar-refractivity contribution in [1.82, 2.24) is 5.32 Å². The normalized spacial score (nSPS) is 18.8. The minimum Gasteiger partial charge on any atom is -0.490 e. The lowest BCUT2D eigenvalue weighted by atomic mass is 10.1. The first kappa shape index (κ1) is 13.6. The maximum atomic E-state index is 10.7. The number of benzene rings is 1. The lowest BCUT2D eigenvalue weighted by Gasteiger charge is -2.04. The molecule has 0 saturated carbocycles. The molecule has 0 amide bonds. The molecule has 1 aliphatic heterocycles. The molecule has 0 spiro atoms. The zero-order valence-corrected chi connectivity index (χ0v) is 10.8. The first-order chi connectivity index (χ1) is 9.25. The molecule has 1 fully saturated rings. The first-order valence-electron chi connectivity index (χ1n) is 6.57. The molecule has 2 rings (SSSR count). The van der Waals surface area contributed by atoms with Crippen molar-refractivity contribution in [3.8, 4) is 5.75 Å². The Balaban J connectivity index is 1.69. The summed E-state index contributed by atoms with van der Waals surface area (Å²) in [5.41, 5.74) is 0.275. The highest BCUT2D eigenvalue weighted by Crippen LogP contribution is 2.14. The number of hydrogen-bond donors (Lipinski definition) is 2. The van der Waals surface area contributed by atoms with Crippen LogP contribution in [0.25, 0.3) is 0 Å². The summed E-state index contributed by atoms with van der Waals surface area (Å²) in [5.74, 6) is 0.528. The predicted molar refractivity (Wildman–Crippen MR) is 73.6 cm³/mol. The van der Waals surface area contributed by atoms with E-state index in [0.717, 1.165) is 25.4 Å².